The molecule has 0 bridgehead atoms. The van der Waals surface area contributed by atoms with Crippen LogP contribution in [0.1, 0.15) is 40.8 Å². The molecule has 0 radical (unpaired) electrons. The molecule has 0 saturated heterocycles. The van der Waals surface area contributed by atoms with Gasteiger partial charge in [0.25, 0.3) is 0 Å². The Hall–Kier alpha value is -3.69. The lowest BCUT2D eigenvalue weighted by molar-refractivity contribution is -0.145. The van der Waals surface area contributed by atoms with Gasteiger partial charge in [0.15, 0.2) is 6.61 Å². The highest BCUT2D eigenvalue weighted by atomic mass is 35.5. The molecule has 44 heavy (non-hydrogen) atoms. The van der Waals surface area contributed by atoms with Crippen molar-refractivity contribution >= 4 is 27.4 Å². The van der Waals surface area contributed by atoms with E-state index in [-0.39, 0.29) is 23.0 Å². The lowest BCUT2D eigenvalue weighted by atomic mass is 10.1. The van der Waals surface area contributed by atoms with Gasteiger partial charge in [-0.3, -0.25) is 4.90 Å². The molecule has 9 heteroatoms. The molecule has 0 aliphatic heterocycles. The zero-order valence-corrected chi connectivity index (χ0v) is 26.8. The number of rotatable bonds is 14. The highest BCUT2D eigenvalue weighted by molar-refractivity contribution is 7.91. The first-order valence-electron chi connectivity index (χ1n) is 14.5. The second kappa shape index (κ2) is 15.3. The Morgan fingerprint density at radius 1 is 0.886 bits per heavy atom. The number of carbonyl (C=O) groups is 1. The highest BCUT2D eigenvalue weighted by Gasteiger charge is 2.21. The van der Waals surface area contributed by atoms with E-state index >= 15 is 0 Å². The summed E-state index contributed by atoms with van der Waals surface area (Å²) in [5, 5.41) is 11.5. The fourth-order valence-corrected chi connectivity index (χ4v) is 6.66. The van der Waals surface area contributed by atoms with Crippen molar-refractivity contribution in [3.63, 3.8) is 0 Å². The van der Waals surface area contributed by atoms with Crippen molar-refractivity contribution in [3.05, 3.63) is 124 Å². The highest BCUT2D eigenvalue weighted by Crippen LogP contribution is 2.30. The number of halogens is 1. The molecule has 1 atom stereocenters. The van der Waals surface area contributed by atoms with E-state index in [0.29, 0.717) is 48.0 Å². The molecule has 0 spiro atoms. The van der Waals surface area contributed by atoms with Crippen LogP contribution in [0.2, 0.25) is 5.02 Å². The molecule has 0 heterocycles. The number of nitrogens with zero attached hydrogens (tertiary/aromatic N) is 1. The van der Waals surface area contributed by atoms with Crippen LogP contribution in [0.15, 0.2) is 101 Å². The van der Waals surface area contributed by atoms with Crippen LogP contribution in [0.25, 0.3) is 0 Å². The summed E-state index contributed by atoms with van der Waals surface area (Å²) >= 11 is 6.15. The topological polar surface area (TPSA) is 93.1 Å². The molecular formula is C35H38ClNO6S. The van der Waals surface area contributed by atoms with E-state index in [4.69, 9.17) is 21.1 Å². The van der Waals surface area contributed by atoms with Crippen LogP contribution in [0, 0.1) is 13.8 Å². The van der Waals surface area contributed by atoms with Crippen molar-refractivity contribution < 1.29 is 27.8 Å². The summed E-state index contributed by atoms with van der Waals surface area (Å²) in [6.07, 6.45) is -0.0426. The molecule has 4 aromatic carbocycles. The molecule has 0 amide bonds. The fraction of sp³-hybridized carbons (Fsp3) is 0.286. The summed E-state index contributed by atoms with van der Waals surface area (Å²) in [6, 6.07) is 27.4. The molecule has 232 valence electrons. The number of esters is 1. The standard InChI is InChI=1S/C35H38ClNO6S/c1-4-42-34(39)24-43-35-25(2)19-32(20-26(35)3)44(40,41)31-15-13-27(14-16-31)17-18-37(22-28-9-6-5-7-10-28)23-33(38)29-11-8-12-30(36)21-29/h5-16,19-21,33,38H,4,17-18,22-24H2,1-3H3. The van der Waals surface area contributed by atoms with Crippen LogP contribution in [0.3, 0.4) is 0 Å². The van der Waals surface area contributed by atoms with Crippen LogP contribution in [0.5, 0.6) is 5.75 Å². The third kappa shape index (κ3) is 8.92. The Balaban J connectivity index is 1.45. The van der Waals surface area contributed by atoms with Gasteiger partial charge in [0.2, 0.25) is 9.84 Å². The van der Waals surface area contributed by atoms with Crippen molar-refractivity contribution in [1.29, 1.82) is 0 Å². The van der Waals surface area contributed by atoms with Crippen LogP contribution in [-0.4, -0.2) is 50.7 Å². The lowest BCUT2D eigenvalue weighted by Crippen LogP contribution is -2.30. The second-order valence-corrected chi connectivity index (χ2v) is 13.1. The van der Waals surface area contributed by atoms with Gasteiger partial charge in [-0.1, -0.05) is 66.2 Å². The van der Waals surface area contributed by atoms with Crippen LogP contribution < -0.4 is 4.74 Å². The van der Waals surface area contributed by atoms with E-state index < -0.39 is 21.9 Å². The van der Waals surface area contributed by atoms with E-state index in [1.165, 1.54) is 0 Å². The summed E-state index contributed by atoms with van der Waals surface area (Å²) in [4.78, 5) is 14.2. The molecule has 0 aliphatic rings. The van der Waals surface area contributed by atoms with Gasteiger partial charge >= 0.3 is 5.97 Å². The molecule has 0 saturated carbocycles. The minimum atomic E-state index is -3.78. The maximum Gasteiger partial charge on any atom is 0.344 e. The summed E-state index contributed by atoms with van der Waals surface area (Å²) in [6.45, 7) is 6.96. The average molecular weight is 636 g/mol. The van der Waals surface area contributed by atoms with Crippen molar-refractivity contribution in [2.45, 2.75) is 49.6 Å². The number of aryl methyl sites for hydroxylation is 2. The first-order chi connectivity index (χ1) is 21.1. The van der Waals surface area contributed by atoms with Gasteiger partial charge in [0.05, 0.1) is 22.5 Å². The number of hydrogen-bond donors (Lipinski definition) is 1. The van der Waals surface area contributed by atoms with Gasteiger partial charge in [0.1, 0.15) is 5.75 Å². The van der Waals surface area contributed by atoms with E-state index in [1.807, 2.05) is 42.5 Å². The monoisotopic (exact) mass is 635 g/mol. The molecule has 1 N–H and O–H groups in total. The van der Waals surface area contributed by atoms with Crippen LogP contribution >= 0.6 is 11.6 Å². The van der Waals surface area contributed by atoms with Gasteiger partial charge in [-0.2, -0.15) is 0 Å². The van der Waals surface area contributed by atoms with Crippen molar-refractivity contribution in [1.82, 2.24) is 4.90 Å². The summed E-state index contributed by atoms with van der Waals surface area (Å²) in [7, 11) is -3.78. The first-order valence-corrected chi connectivity index (χ1v) is 16.4. The molecular weight excluding hydrogens is 598 g/mol. The number of benzene rings is 4. The zero-order chi connectivity index (χ0) is 31.7. The molecule has 0 aromatic heterocycles. The largest absolute Gasteiger partial charge is 0.481 e. The van der Waals surface area contributed by atoms with E-state index in [2.05, 4.69) is 17.0 Å². The van der Waals surface area contributed by atoms with E-state index in [9.17, 15) is 18.3 Å². The Bertz CT molecular complexity index is 1640. The Morgan fingerprint density at radius 2 is 1.57 bits per heavy atom. The predicted octanol–water partition coefficient (Wildman–Crippen LogP) is 6.51. The normalized spacial score (nSPS) is 12.2. The number of hydrogen-bond acceptors (Lipinski definition) is 7. The number of ether oxygens (including phenoxy) is 2. The minimum absolute atomic E-state index is 0.160. The molecule has 7 nitrogen and oxygen atoms in total. The number of aliphatic hydroxyl groups is 1. The van der Waals surface area contributed by atoms with E-state index in [1.54, 1.807) is 57.2 Å². The maximum absolute atomic E-state index is 13.5. The van der Waals surface area contributed by atoms with E-state index in [0.717, 1.165) is 16.7 Å². The number of aliphatic hydroxyl groups excluding tert-OH is 1. The molecule has 0 fully saturated rings. The third-order valence-electron chi connectivity index (χ3n) is 7.25. The summed E-state index contributed by atoms with van der Waals surface area (Å²) < 4.78 is 37.5. The molecule has 1 unspecified atom stereocenters. The van der Waals surface area contributed by atoms with Gasteiger partial charge in [-0.25, -0.2) is 13.2 Å². The van der Waals surface area contributed by atoms with Crippen molar-refractivity contribution in [3.8, 4) is 5.75 Å². The van der Waals surface area contributed by atoms with Crippen molar-refractivity contribution in [2.24, 2.45) is 0 Å². The van der Waals surface area contributed by atoms with Gasteiger partial charge in [-0.05, 0) is 91.4 Å². The number of carbonyl (C=O) groups excluding carboxylic acids is 1. The third-order valence-corrected chi connectivity index (χ3v) is 9.23. The van der Waals surface area contributed by atoms with Crippen LogP contribution in [0.4, 0.5) is 0 Å². The number of sulfone groups is 1. The average Bonchev–Trinajstić information content (AvgIpc) is 3.00. The van der Waals surface area contributed by atoms with Crippen molar-refractivity contribution in [2.75, 3.05) is 26.3 Å². The SMILES string of the molecule is CCOC(=O)COc1c(C)cc(S(=O)(=O)c2ccc(CCN(Cc3ccccc3)CC(O)c3cccc(Cl)c3)cc2)cc1C. The molecule has 4 rings (SSSR count). The molecule has 4 aromatic rings. The summed E-state index contributed by atoms with van der Waals surface area (Å²) in [5.41, 5.74) is 4.10. The first kappa shape index (κ1) is 33.2. The maximum atomic E-state index is 13.5. The second-order valence-electron chi connectivity index (χ2n) is 10.7. The fourth-order valence-electron chi connectivity index (χ4n) is 5.03. The Morgan fingerprint density at radius 3 is 2.20 bits per heavy atom. The summed E-state index contributed by atoms with van der Waals surface area (Å²) in [5.74, 6) is -0.0172. The Labute approximate surface area is 264 Å². The predicted molar refractivity (Wildman–Crippen MR) is 172 cm³/mol. The van der Waals surface area contributed by atoms with Gasteiger partial charge in [-0.15, -0.1) is 0 Å². The zero-order valence-electron chi connectivity index (χ0n) is 25.2. The Kier molecular flexibility index (Phi) is 11.6. The lowest BCUT2D eigenvalue weighted by Gasteiger charge is -2.25. The smallest absolute Gasteiger partial charge is 0.344 e. The molecule has 0 aliphatic carbocycles. The minimum Gasteiger partial charge on any atom is -0.481 e. The van der Waals surface area contributed by atoms with Gasteiger partial charge < -0.3 is 14.6 Å². The van der Waals surface area contributed by atoms with Gasteiger partial charge in [0, 0.05) is 24.7 Å². The quantitative estimate of drug-likeness (QED) is 0.158. The van der Waals surface area contributed by atoms with Crippen LogP contribution in [-0.2, 0) is 32.3 Å².